The summed E-state index contributed by atoms with van der Waals surface area (Å²) >= 11 is 0. The summed E-state index contributed by atoms with van der Waals surface area (Å²) in [5, 5.41) is 0.935. The van der Waals surface area contributed by atoms with Crippen molar-refractivity contribution in [3.8, 4) is 5.75 Å². The van der Waals surface area contributed by atoms with E-state index >= 15 is 0 Å². The second-order valence-electron chi connectivity index (χ2n) is 10.0. The first-order chi connectivity index (χ1) is 16.5. The number of carbonyl (C=O) groups is 1. The molecule has 0 bridgehead atoms. The zero-order valence-corrected chi connectivity index (χ0v) is 20.0. The third-order valence-electron chi connectivity index (χ3n) is 7.91. The van der Waals surface area contributed by atoms with Crippen LogP contribution in [0.1, 0.15) is 54.7 Å². The summed E-state index contributed by atoms with van der Waals surface area (Å²) in [5.74, 6) is 1.57. The number of methoxy groups -OCH3 is 1. The third-order valence-corrected chi connectivity index (χ3v) is 7.91. The van der Waals surface area contributed by atoms with Gasteiger partial charge >= 0.3 is 0 Å². The van der Waals surface area contributed by atoms with E-state index in [0.29, 0.717) is 36.9 Å². The van der Waals surface area contributed by atoms with Crippen LogP contribution >= 0.6 is 0 Å². The lowest BCUT2D eigenvalue weighted by molar-refractivity contribution is -0.120. The first-order valence-corrected chi connectivity index (χ1v) is 12.3. The van der Waals surface area contributed by atoms with Gasteiger partial charge in [-0.3, -0.25) is 9.78 Å². The number of rotatable bonds is 8. The smallest absolute Gasteiger partial charge is 0.140 e. The van der Waals surface area contributed by atoms with Gasteiger partial charge in [-0.25, -0.2) is 4.39 Å². The average molecular weight is 462 g/mol. The van der Waals surface area contributed by atoms with Gasteiger partial charge in [0.05, 0.1) is 12.1 Å². The molecule has 2 aliphatic rings. The molecular weight excluding hydrogens is 429 g/mol. The van der Waals surface area contributed by atoms with Crippen molar-refractivity contribution in [1.29, 1.82) is 0 Å². The molecule has 1 heterocycles. The minimum atomic E-state index is -0.170. The van der Waals surface area contributed by atoms with Crippen molar-refractivity contribution < 1.29 is 18.7 Å². The predicted octanol–water partition coefficient (Wildman–Crippen LogP) is 6.18. The molecule has 4 nitrogen and oxygen atoms in total. The largest absolute Gasteiger partial charge is 0.491 e. The number of hydrogen-bond acceptors (Lipinski definition) is 4. The molecule has 2 saturated carbocycles. The normalized spacial score (nSPS) is 23.9. The number of carbonyl (C=O) groups excluding carboxylic acids is 1. The summed E-state index contributed by atoms with van der Waals surface area (Å²) in [6.07, 6.45) is 7.58. The van der Waals surface area contributed by atoms with Crippen LogP contribution in [0.2, 0.25) is 0 Å². The number of hydrogen-bond donors (Lipinski definition) is 0. The molecule has 2 fully saturated rings. The van der Waals surface area contributed by atoms with E-state index in [2.05, 4.69) is 11.1 Å². The first-order valence-electron chi connectivity index (χ1n) is 12.3. The second kappa shape index (κ2) is 9.46. The summed E-state index contributed by atoms with van der Waals surface area (Å²) in [6.45, 7) is 2.85. The summed E-state index contributed by atoms with van der Waals surface area (Å²) in [5.41, 5.74) is 3.93. The fourth-order valence-corrected chi connectivity index (χ4v) is 5.78. The fourth-order valence-electron chi connectivity index (χ4n) is 5.78. The summed E-state index contributed by atoms with van der Waals surface area (Å²) in [7, 11) is 1.65. The Balaban J connectivity index is 1.19. The number of halogens is 1. The van der Waals surface area contributed by atoms with Crippen LogP contribution in [0, 0.1) is 24.1 Å². The highest BCUT2D eigenvalue weighted by molar-refractivity contribution is 5.87. The van der Waals surface area contributed by atoms with Gasteiger partial charge in [-0.2, -0.15) is 0 Å². The van der Waals surface area contributed by atoms with E-state index in [1.165, 1.54) is 5.56 Å². The molecule has 0 aliphatic heterocycles. The van der Waals surface area contributed by atoms with Crippen LogP contribution in [0.5, 0.6) is 5.75 Å². The van der Waals surface area contributed by atoms with Crippen LogP contribution < -0.4 is 4.74 Å². The molecule has 178 valence electrons. The van der Waals surface area contributed by atoms with E-state index in [1.807, 2.05) is 36.5 Å². The lowest BCUT2D eigenvalue weighted by Gasteiger charge is -2.30. The Bertz CT molecular complexity index is 1180. The summed E-state index contributed by atoms with van der Waals surface area (Å²) < 4.78 is 24.9. The molecular formula is C29H32FNO3. The van der Waals surface area contributed by atoms with E-state index < -0.39 is 0 Å². The standard InChI is InChI=1S/C29H32FNO3/c1-19-15-27-24(17-26(19)30)23(9-12-31-27)21-7-10-29(11-8-21)18-25(29)28(32)16-20-3-5-22(6-4-20)34-14-13-33-2/h3-6,9,12,15,17,21,25H,7-8,10-11,13-14,16,18H2,1-2H3/t21?,25-,29?/m0/s1. The number of pyridine rings is 1. The van der Waals surface area contributed by atoms with Gasteiger partial charge in [-0.1, -0.05) is 12.1 Å². The Kier molecular flexibility index (Phi) is 6.39. The SMILES string of the molecule is COCCOc1ccc(CC(=O)[C@@H]2CC23CCC(c2ccnc4cc(C)c(F)cc24)CC3)cc1. The fraction of sp³-hybridized carbons (Fsp3) is 0.448. The molecule has 5 rings (SSSR count). The van der Waals surface area contributed by atoms with Crippen LogP contribution in [0.3, 0.4) is 0 Å². The van der Waals surface area contributed by atoms with Crippen molar-refractivity contribution in [3.63, 3.8) is 0 Å². The average Bonchev–Trinajstić information content (AvgIpc) is 3.55. The zero-order chi connectivity index (χ0) is 23.7. The molecule has 2 aromatic carbocycles. The number of benzene rings is 2. The molecule has 0 saturated heterocycles. The maximum Gasteiger partial charge on any atom is 0.140 e. The van der Waals surface area contributed by atoms with E-state index in [9.17, 15) is 9.18 Å². The molecule has 34 heavy (non-hydrogen) atoms. The van der Waals surface area contributed by atoms with E-state index in [4.69, 9.17) is 9.47 Å². The molecule has 5 heteroatoms. The maximum absolute atomic E-state index is 14.3. The van der Waals surface area contributed by atoms with Crippen LogP contribution in [0.25, 0.3) is 10.9 Å². The van der Waals surface area contributed by atoms with Crippen molar-refractivity contribution in [1.82, 2.24) is 4.98 Å². The van der Waals surface area contributed by atoms with Crippen LogP contribution in [0.4, 0.5) is 4.39 Å². The molecule has 3 aromatic rings. The molecule has 1 atom stereocenters. The van der Waals surface area contributed by atoms with Gasteiger partial charge in [0, 0.05) is 31.0 Å². The van der Waals surface area contributed by atoms with E-state index in [1.54, 1.807) is 20.1 Å². The van der Waals surface area contributed by atoms with Gasteiger partial charge in [0.2, 0.25) is 0 Å². The van der Waals surface area contributed by atoms with Crippen LogP contribution in [0.15, 0.2) is 48.7 Å². The first kappa shape index (κ1) is 23.0. The van der Waals surface area contributed by atoms with Gasteiger partial charge in [0.15, 0.2) is 0 Å². The Morgan fingerprint density at radius 1 is 1.12 bits per heavy atom. The van der Waals surface area contributed by atoms with Gasteiger partial charge in [0.1, 0.15) is 24.0 Å². The van der Waals surface area contributed by atoms with Gasteiger partial charge in [-0.05, 0) is 97.4 Å². The highest BCUT2D eigenvalue weighted by Crippen LogP contribution is 2.63. The van der Waals surface area contributed by atoms with Crippen LogP contribution in [-0.4, -0.2) is 31.1 Å². The monoisotopic (exact) mass is 461 g/mol. The Hall–Kier alpha value is -2.79. The van der Waals surface area contributed by atoms with Gasteiger partial charge in [-0.15, -0.1) is 0 Å². The molecule has 1 spiro atoms. The van der Waals surface area contributed by atoms with Crippen LogP contribution in [-0.2, 0) is 16.0 Å². The van der Waals surface area contributed by atoms with Crippen molar-refractivity contribution >= 4 is 16.7 Å². The van der Waals surface area contributed by atoms with Gasteiger partial charge < -0.3 is 9.47 Å². The van der Waals surface area contributed by atoms with Crippen molar-refractivity contribution in [2.75, 3.05) is 20.3 Å². The lowest BCUT2D eigenvalue weighted by atomic mass is 9.74. The predicted molar refractivity (Wildman–Crippen MR) is 131 cm³/mol. The minimum absolute atomic E-state index is 0.170. The maximum atomic E-state index is 14.3. The molecule has 0 unspecified atom stereocenters. The number of aromatic nitrogens is 1. The number of ether oxygens (including phenoxy) is 2. The molecule has 0 N–H and O–H groups in total. The highest BCUT2D eigenvalue weighted by atomic mass is 19.1. The number of Topliss-reactive ketones (excluding diaryl/α,β-unsaturated/α-hetero) is 1. The molecule has 2 aliphatic carbocycles. The lowest BCUT2D eigenvalue weighted by Crippen LogP contribution is -2.20. The van der Waals surface area contributed by atoms with E-state index in [-0.39, 0.29) is 17.2 Å². The number of aryl methyl sites for hydroxylation is 1. The van der Waals surface area contributed by atoms with Crippen molar-refractivity contribution in [2.24, 2.45) is 11.3 Å². The minimum Gasteiger partial charge on any atom is -0.491 e. The quantitative estimate of drug-likeness (QED) is 0.376. The number of ketones is 1. The third kappa shape index (κ3) is 4.58. The second-order valence-corrected chi connectivity index (χ2v) is 10.0. The molecule has 1 aromatic heterocycles. The zero-order valence-electron chi connectivity index (χ0n) is 20.0. The van der Waals surface area contributed by atoms with Crippen molar-refractivity contribution in [3.05, 3.63) is 71.2 Å². The summed E-state index contributed by atoms with van der Waals surface area (Å²) in [6, 6.07) is 13.4. The molecule has 0 amide bonds. The number of nitrogens with zero attached hydrogens (tertiary/aromatic N) is 1. The number of fused-ring (bicyclic) bond motifs is 1. The van der Waals surface area contributed by atoms with Crippen molar-refractivity contribution in [2.45, 2.75) is 51.4 Å². The summed E-state index contributed by atoms with van der Waals surface area (Å²) in [4.78, 5) is 17.5. The highest BCUT2D eigenvalue weighted by Gasteiger charge is 2.57. The Labute approximate surface area is 200 Å². The molecule has 0 radical (unpaired) electrons. The topological polar surface area (TPSA) is 48.4 Å². The van der Waals surface area contributed by atoms with Gasteiger partial charge in [0.25, 0.3) is 0 Å². The van der Waals surface area contributed by atoms with E-state index in [0.717, 1.165) is 54.3 Å². The Morgan fingerprint density at radius 2 is 1.88 bits per heavy atom. The Morgan fingerprint density at radius 3 is 2.62 bits per heavy atom.